The zero-order valence-electron chi connectivity index (χ0n) is 27.8. The zero-order chi connectivity index (χ0) is 34.6. The van der Waals surface area contributed by atoms with Gasteiger partial charge in [0.25, 0.3) is 17.7 Å². The highest BCUT2D eigenvalue weighted by Crippen LogP contribution is 2.31. The smallest absolute Gasteiger partial charge is 0.268 e. The Hall–Kier alpha value is -4.74. The average Bonchev–Trinajstić information content (AvgIpc) is 3.40. The van der Waals surface area contributed by atoms with Crippen LogP contribution in [0.15, 0.2) is 48.8 Å². The Kier molecular flexibility index (Phi) is 10.2. The number of carbonyl (C=O) groups is 3. The van der Waals surface area contributed by atoms with E-state index >= 15 is 0 Å². The molecule has 14 heteroatoms. The van der Waals surface area contributed by atoms with Crippen LogP contribution in [0.4, 0.5) is 20.3 Å². The van der Waals surface area contributed by atoms with Gasteiger partial charge in [-0.25, -0.2) is 13.8 Å². The lowest BCUT2D eigenvalue weighted by atomic mass is 10.1. The van der Waals surface area contributed by atoms with Crippen molar-refractivity contribution in [2.24, 2.45) is 0 Å². The normalized spacial score (nSPS) is 18.1. The predicted molar refractivity (Wildman–Crippen MR) is 179 cm³/mol. The van der Waals surface area contributed by atoms with Gasteiger partial charge in [-0.3, -0.25) is 28.8 Å². The van der Waals surface area contributed by atoms with Gasteiger partial charge < -0.3 is 20.0 Å². The Morgan fingerprint density at radius 2 is 1.83 bits per heavy atom. The maximum Gasteiger partial charge on any atom is 0.268 e. The summed E-state index contributed by atoms with van der Waals surface area (Å²) in [6.07, 6.45) is 3.34. The van der Waals surface area contributed by atoms with Crippen molar-refractivity contribution in [3.05, 3.63) is 59.9 Å². The van der Waals surface area contributed by atoms with Gasteiger partial charge in [-0.1, -0.05) is 0 Å². The molecule has 2 aromatic heterocycles. The second-order valence-corrected chi connectivity index (χ2v) is 13.3. The number of rotatable bonds is 10. The van der Waals surface area contributed by atoms with Crippen molar-refractivity contribution in [1.29, 1.82) is 5.26 Å². The number of nitrogens with one attached hydrogen (secondary N) is 1. The molecule has 2 aliphatic rings. The molecule has 2 saturated heterocycles. The van der Waals surface area contributed by atoms with Gasteiger partial charge in [0.15, 0.2) is 0 Å². The Morgan fingerprint density at radius 3 is 2.50 bits per heavy atom. The molecular weight excluding hydrogens is 620 g/mol. The van der Waals surface area contributed by atoms with Crippen molar-refractivity contribution in [3.8, 4) is 6.07 Å². The molecule has 0 spiro atoms. The first-order valence-corrected chi connectivity index (χ1v) is 16.0. The van der Waals surface area contributed by atoms with E-state index in [0.29, 0.717) is 39.6 Å². The third-order valence-corrected chi connectivity index (χ3v) is 8.86. The summed E-state index contributed by atoms with van der Waals surface area (Å²) in [7, 11) is 8.07. The fourth-order valence-corrected chi connectivity index (χ4v) is 6.04. The first-order valence-electron chi connectivity index (χ1n) is 16.0. The summed E-state index contributed by atoms with van der Waals surface area (Å²) >= 11 is 0. The molecule has 2 fully saturated rings. The molecular formula is C34H42F2N9O3+. The predicted octanol–water partition coefficient (Wildman–Crippen LogP) is 2.60. The van der Waals surface area contributed by atoms with E-state index in [4.69, 9.17) is 0 Å². The lowest BCUT2D eigenvalue weighted by Gasteiger charge is -2.35. The number of pyridine rings is 2. The molecule has 0 radical (unpaired) electrons. The molecule has 48 heavy (non-hydrogen) atoms. The topological polar surface area (TPSA) is 126 Å². The monoisotopic (exact) mass is 662 g/mol. The number of quaternary nitrogens is 1. The highest BCUT2D eigenvalue weighted by molar-refractivity contribution is 6.07. The van der Waals surface area contributed by atoms with Crippen LogP contribution in [0, 0.1) is 11.3 Å². The maximum atomic E-state index is 13.8. The Balaban J connectivity index is 1.11. The number of piperazine rings is 1. The molecule has 1 atom stereocenters. The number of benzene rings is 1. The summed E-state index contributed by atoms with van der Waals surface area (Å²) in [5.41, 5.74) is 2.39. The van der Waals surface area contributed by atoms with E-state index in [0.717, 1.165) is 49.0 Å². The number of nitriles is 1. The fraction of sp³-hybridized carbons (Fsp3) is 0.471. The van der Waals surface area contributed by atoms with Crippen LogP contribution in [0.25, 0.3) is 10.9 Å². The molecule has 2 aliphatic heterocycles. The number of halogens is 2. The number of fused-ring (bicyclic) bond motifs is 1. The molecule has 12 nitrogen and oxygen atoms in total. The SMILES string of the molecule is CN(CCCN1CCN(C(=O)c2ccc([N+](C)(C)C)nc2)CC1)c1ccc2nccc(C(=O)NCC(=O)N3CC(F)(F)C[C@H]3C#N)c2c1. The fourth-order valence-electron chi connectivity index (χ4n) is 6.04. The summed E-state index contributed by atoms with van der Waals surface area (Å²) in [5.74, 6) is -3.50. The first-order chi connectivity index (χ1) is 22.8. The van der Waals surface area contributed by atoms with Crippen molar-refractivity contribution in [2.45, 2.75) is 24.8 Å². The number of aromatic nitrogens is 2. The van der Waals surface area contributed by atoms with Gasteiger partial charge in [0, 0.05) is 75.7 Å². The van der Waals surface area contributed by atoms with Gasteiger partial charge >= 0.3 is 0 Å². The van der Waals surface area contributed by atoms with Gasteiger partial charge in [-0.15, -0.1) is 0 Å². The van der Waals surface area contributed by atoms with Crippen molar-refractivity contribution in [3.63, 3.8) is 0 Å². The number of carbonyl (C=O) groups excluding carboxylic acids is 3. The Bertz CT molecular complexity index is 1700. The standard InChI is InChI=1S/C34H41F2N9O3/c1-41(12-5-13-42-14-16-43(17-15-42)33(48)24-6-9-30(39-21-24)45(2,3)4)25-7-8-29-28(18-25)27(10-11-38-29)32(47)40-22-31(46)44-23-34(35,36)19-26(44)20-37/h6-11,18,21,26H,5,12-17,19,22-23H2,1-4H3/p+1/t26-/m0/s1. The summed E-state index contributed by atoms with van der Waals surface area (Å²) in [5, 5.41) is 12.3. The van der Waals surface area contributed by atoms with Gasteiger partial charge in [-0.05, 0) is 43.3 Å². The average molecular weight is 663 g/mol. The van der Waals surface area contributed by atoms with Crippen LogP contribution < -0.4 is 14.7 Å². The van der Waals surface area contributed by atoms with Gasteiger partial charge in [0.05, 0.1) is 56.9 Å². The minimum Gasteiger partial charge on any atom is -0.375 e. The number of nitrogens with zero attached hydrogens (tertiary/aromatic N) is 8. The third kappa shape index (κ3) is 8.03. The van der Waals surface area contributed by atoms with Crippen LogP contribution in [-0.4, -0.2) is 135 Å². The Labute approximate surface area is 279 Å². The largest absolute Gasteiger partial charge is 0.375 e. The van der Waals surface area contributed by atoms with E-state index in [1.807, 2.05) is 63.4 Å². The second-order valence-electron chi connectivity index (χ2n) is 13.3. The molecule has 1 N–H and O–H groups in total. The van der Waals surface area contributed by atoms with Gasteiger partial charge in [0.2, 0.25) is 11.7 Å². The van der Waals surface area contributed by atoms with Crippen LogP contribution in [0.1, 0.15) is 33.6 Å². The number of anilines is 1. The molecule has 3 amide bonds. The van der Waals surface area contributed by atoms with Crippen LogP contribution in [0.2, 0.25) is 0 Å². The molecule has 0 bridgehead atoms. The summed E-state index contributed by atoms with van der Waals surface area (Å²) in [6.45, 7) is 3.19. The van der Waals surface area contributed by atoms with Crippen molar-refractivity contribution >= 4 is 40.1 Å². The van der Waals surface area contributed by atoms with Crippen LogP contribution >= 0.6 is 0 Å². The minimum absolute atomic E-state index is 0.00386. The van der Waals surface area contributed by atoms with E-state index in [2.05, 4.69) is 25.1 Å². The van der Waals surface area contributed by atoms with Crippen molar-refractivity contribution in [1.82, 2.24) is 34.5 Å². The van der Waals surface area contributed by atoms with Crippen LogP contribution in [0.3, 0.4) is 0 Å². The molecule has 4 heterocycles. The zero-order valence-corrected chi connectivity index (χ0v) is 27.8. The summed E-state index contributed by atoms with van der Waals surface area (Å²) < 4.78 is 28.1. The third-order valence-electron chi connectivity index (χ3n) is 8.86. The summed E-state index contributed by atoms with van der Waals surface area (Å²) in [6, 6.07) is 11.5. The maximum absolute atomic E-state index is 13.8. The van der Waals surface area contributed by atoms with Crippen LogP contribution in [-0.2, 0) is 4.79 Å². The quantitative estimate of drug-likeness (QED) is 0.329. The minimum atomic E-state index is -3.13. The second kappa shape index (κ2) is 14.2. The lowest BCUT2D eigenvalue weighted by molar-refractivity contribution is -0.131. The van der Waals surface area contributed by atoms with E-state index in [1.165, 1.54) is 6.20 Å². The van der Waals surface area contributed by atoms with Crippen LogP contribution in [0.5, 0.6) is 0 Å². The molecule has 254 valence electrons. The number of amides is 3. The molecule has 0 saturated carbocycles. The molecule has 0 unspecified atom stereocenters. The van der Waals surface area contributed by atoms with Gasteiger partial charge in [0.1, 0.15) is 6.04 Å². The van der Waals surface area contributed by atoms with E-state index < -0.39 is 43.3 Å². The number of hydrogen-bond donors (Lipinski definition) is 1. The van der Waals surface area contributed by atoms with Crippen molar-refractivity contribution < 1.29 is 23.2 Å². The highest BCUT2D eigenvalue weighted by Gasteiger charge is 2.47. The lowest BCUT2D eigenvalue weighted by Crippen LogP contribution is -2.49. The molecule has 0 aliphatic carbocycles. The molecule has 3 aromatic rings. The number of alkyl halides is 2. The number of hydrogen-bond acceptors (Lipinski definition) is 8. The molecule has 5 rings (SSSR count). The first kappa shape index (κ1) is 34.6. The summed E-state index contributed by atoms with van der Waals surface area (Å²) in [4.78, 5) is 54.7. The van der Waals surface area contributed by atoms with E-state index in [1.54, 1.807) is 18.3 Å². The Morgan fingerprint density at radius 1 is 1.08 bits per heavy atom. The molecule has 1 aromatic carbocycles. The van der Waals surface area contributed by atoms with E-state index in [-0.39, 0.29) is 5.91 Å². The van der Waals surface area contributed by atoms with E-state index in [9.17, 15) is 28.4 Å². The van der Waals surface area contributed by atoms with Gasteiger partial charge in [-0.2, -0.15) is 5.26 Å². The highest BCUT2D eigenvalue weighted by atomic mass is 19.3. The van der Waals surface area contributed by atoms with Crippen molar-refractivity contribution in [2.75, 3.05) is 85.4 Å². The number of likely N-dealkylation sites (tertiary alicyclic amines) is 1.